The topological polar surface area (TPSA) is 69.7 Å². The molecule has 0 radical (unpaired) electrons. The van der Waals surface area contributed by atoms with Crippen LogP contribution < -0.4 is 0 Å². The molecule has 0 N–H and O–H groups in total. The maximum Gasteiger partial charge on any atom is 0.337 e. The molecule has 0 fully saturated rings. The quantitative estimate of drug-likeness (QED) is 0.543. The first-order valence-corrected chi connectivity index (χ1v) is 6.85. The molecule has 0 atom stereocenters. The molecule has 0 aliphatic carbocycles. The minimum atomic E-state index is -0.408. The van der Waals surface area contributed by atoms with Gasteiger partial charge in [0.15, 0.2) is 0 Å². The normalized spacial score (nSPS) is 10.0. The van der Waals surface area contributed by atoms with Gasteiger partial charge in [-0.25, -0.2) is 4.79 Å². The van der Waals surface area contributed by atoms with E-state index in [9.17, 15) is 14.4 Å². The highest BCUT2D eigenvalue weighted by atomic mass is 16.5. The van der Waals surface area contributed by atoms with E-state index in [2.05, 4.69) is 4.74 Å². The van der Waals surface area contributed by atoms with Crippen molar-refractivity contribution >= 4 is 17.7 Å². The zero-order valence-corrected chi connectivity index (χ0v) is 12.4. The summed E-state index contributed by atoms with van der Waals surface area (Å²) in [4.78, 5) is 33.6. The van der Waals surface area contributed by atoms with Crippen LogP contribution in [0.15, 0.2) is 24.3 Å². The van der Waals surface area contributed by atoms with Gasteiger partial charge in [-0.3, -0.25) is 4.79 Å². The van der Waals surface area contributed by atoms with Crippen LogP contribution in [0.25, 0.3) is 0 Å². The highest BCUT2D eigenvalue weighted by Crippen LogP contribution is 2.07. The van der Waals surface area contributed by atoms with Gasteiger partial charge in [-0.1, -0.05) is 12.1 Å². The van der Waals surface area contributed by atoms with E-state index in [1.807, 2.05) is 0 Å². The van der Waals surface area contributed by atoms with E-state index in [4.69, 9.17) is 4.74 Å². The molecule has 0 aliphatic heterocycles. The van der Waals surface area contributed by atoms with E-state index in [0.29, 0.717) is 25.0 Å². The first-order valence-electron chi connectivity index (χ1n) is 6.85. The van der Waals surface area contributed by atoms with Crippen molar-refractivity contribution in [3.05, 3.63) is 35.4 Å². The van der Waals surface area contributed by atoms with E-state index in [-0.39, 0.29) is 18.2 Å². The van der Waals surface area contributed by atoms with Crippen LogP contribution in [0.4, 0.5) is 0 Å². The fourth-order valence-corrected chi connectivity index (χ4v) is 1.76. The summed E-state index contributed by atoms with van der Waals surface area (Å²) in [6.45, 7) is 1.87. The number of ketones is 1. The summed E-state index contributed by atoms with van der Waals surface area (Å²) in [5, 5.41) is 0. The minimum Gasteiger partial charge on any atom is -0.465 e. The van der Waals surface area contributed by atoms with Gasteiger partial charge in [-0.2, -0.15) is 0 Å². The number of hydrogen-bond donors (Lipinski definition) is 0. The third-order valence-corrected chi connectivity index (χ3v) is 2.91. The monoisotopic (exact) mass is 292 g/mol. The number of methoxy groups -OCH3 is 1. The second kappa shape index (κ2) is 8.89. The summed E-state index contributed by atoms with van der Waals surface area (Å²) in [5.74, 6) is -0.578. The number of unbranched alkanes of at least 4 members (excludes halogenated alkanes) is 1. The van der Waals surface area contributed by atoms with Crippen LogP contribution in [0.2, 0.25) is 0 Å². The molecule has 114 valence electrons. The van der Waals surface area contributed by atoms with E-state index in [1.165, 1.54) is 7.11 Å². The molecule has 1 aromatic rings. The third kappa shape index (κ3) is 6.70. The molecule has 0 heterocycles. The molecule has 5 heteroatoms. The fourth-order valence-electron chi connectivity index (χ4n) is 1.76. The summed E-state index contributed by atoms with van der Waals surface area (Å²) in [6, 6.07) is 6.62. The smallest absolute Gasteiger partial charge is 0.337 e. The van der Waals surface area contributed by atoms with Crippen molar-refractivity contribution in [3.63, 3.8) is 0 Å². The van der Waals surface area contributed by atoms with Gasteiger partial charge in [-0.05, 0) is 37.5 Å². The molecule has 21 heavy (non-hydrogen) atoms. The number of carbonyl (C=O) groups is 3. The van der Waals surface area contributed by atoms with Gasteiger partial charge >= 0.3 is 11.9 Å². The first kappa shape index (κ1) is 16.9. The van der Waals surface area contributed by atoms with Crippen LogP contribution in [0.3, 0.4) is 0 Å². The van der Waals surface area contributed by atoms with Crippen LogP contribution in [-0.4, -0.2) is 31.4 Å². The van der Waals surface area contributed by atoms with Crippen LogP contribution in [-0.2, 0) is 25.5 Å². The van der Waals surface area contributed by atoms with Crippen LogP contribution in [0.1, 0.15) is 42.1 Å². The molecule has 5 nitrogen and oxygen atoms in total. The Balaban J connectivity index is 2.31. The van der Waals surface area contributed by atoms with Crippen molar-refractivity contribution in [2.24, 2.45) is 0 Å². The summed E-state index contributed by atoms with van der Waals surface area (Å²) < 4.78 is 9.68. The zero-order valence-electron chi connectivity index (χ0n) is 12.4. The fraction of sp³-hybridized carbons (Fsp3) is 0.438. The van der Waals surface area contributed by atoms with Crippen molar-refractivity contribution in [1.82, 2.24) is 0 Å². The molecule has 0 amide bonds. The van der Waals surface area contributed by atoms with Gasteiger partial charge in [0.1, 0.15) is 5.78 Å². The SMILES string of the molecule is COC(=O)c1ccc(CC(=O)OCCCCC(C)=O)cc1. The summed E-state index contributed by atoms with van der Waals surface area (Å²) >= 11 is 0. The highest BCUT2D eigenvalue weighted by molar-refractivity contribution is 5.89. The molecule has 0 aromatic heterocycles. The van der Waals surface area contributed by atoms with Crippen molar-refractivity contribution in [2.45, 2.75) is 32.6 Å². The van der Waals surface area contributed by atoms with E-state index < -0.39 is 5.97 Å². The van der Waals surface area contributed by atoms with Crippen molar-refractivity contribution < 1.29 is 23.9 Å². The van der Waals surface area contributed by atoms with Gasteiger partial charge in [0.2, 0.25) is 0 Å². The number of ether oxygens (including phenoxy) is 2. The van der Waals surface area contributed by atoms with Gasteiger partial charge in [0.05, 0.1) is 25.7 Å². The third-order valence-electron chi connectivity index (χ3n) is 2.91. The highest BCUT2D eigenvalue weighted by Gasteiger charge is 2.08. The lowest BCUT2D eigenvalue weighted by atomic mass is 10.1. The van der Waals surface area contributed by atoms with E-state index in [0.717, 1.165) is 12.0 Å². The molecule has 0 saturated carbocycles. The number of benzene rings is 1. The Bertz CT molecular complexity index is 490. The Morgan fingerprint density at radius 2 is 1.71 bits per heavy atom. The summed E-state index contributed by atoms with van der Waals surface area (Å²) in [7, 11) is 1.32. The van der Waals surface area contributed by atoms with Gasteiger partial charge in [-0.15, -0.1) is 0 Å². The average molecular weight is 292 g/mol. The number of carbonyl (C=O) groups excluding carboxylic acids is 3. The zero-order chi connectivity index (χ0) is 15.7. The predicted molar refractivity (Wildman–Crippen MR) is 77.0 cm³/mol. The molecule has 1 rings (SSSR count). The molecule has 1 aromatic carbocycles. The lowest BCUT2D eigenvalue weighted by Crippen LogP contribution is -2.09. The lowest BCUT2D eigenvalue weighted by molar-refractivity contribution is -0.142. The Morgan fingerprint density at radius 3 is 2.29 bits per heavy atom. The van der Waals surface area contributed by atoms with E-state index >= 15 is 0 Å². The Kier molecular flexibility index (Phi) is 7.15. The first-order chi connectivity index (χ1) is 10.0. The number of rotatable bonds is 8. The lowest BCUT2D eigenvalue weighted by Gasteiger charge is -2.05. The summed E-state index contributed by atoms with van der Waals surface area (Å²) in [6.07, 6.45) is 2.10. The van der Waals surface area contributed by atoms with Gasteiger partial charge < -0.3 is 14.3 Å². The molecular formula is C16H20O5. The minimum absolute atomic E-state index is 0.145. The predicted octanol–water partition coefficient (Wildman–Crippen LogP) is 2.32. The van der Waals surface area contributed by atoms with Gasteiger partial charge in [0, 0.05) is 6.42 Å². The van der Waals surface area contributed by atoms with Crippen molar-refractivity contribution in [2.75, 3.05) is 13.7 Å². The largest absolute Gasteiger partial charge is 0.465 e. The van der Waals surface area contributed by atoms with Crippen LogP contribution in [0.5, 0.6) is 0 Å². The van der Waals surface area contributed by atoms with Crippen LogP contribution in [0, 0.1) is 0 Å². The number of esters is 2. The Labute approximate surface area is 124 Å². The number of hydrogen-bond acceptors (Lipinski definition) is 5. The maximum atomic E-state index is 11.6. The second-order valence-corrected chi connectivity index (χ2v) is 4.74. The second-order valence-electron chi connectivity index (χ2n) is 4.74. The van der Waals surface area contributed by atoms with Gasteiger partial charge in [0.25, 0.3) is 0 Å². The maximum absolute atomic E-state index is 11.6. The molecular weight excluding hydrogens is 272 g/mol. The summed E-state index contributed by atoms with van der Waals surface area (Å²) in [5.41, 5.74) is 1.22. The van der Waals surface area contributed by atoms with Crippen molar-refractivity contribution in [3.8, 4) is 0 Å². The molecule has 0 saturated heterocycles. The molecule has 0 unspecified atom stereocenters. The standard InChI is InChI=1S/C16H20O5/c1-12(17)5-3-4-10-21-15(18)11-13-6-8-14(9-7-13)16(19)20-2/h6-9H,3-5,10-11H2,1-2H3. The Hall–Kier alpha value is -2.17. The molecule has 0 spiro atoms. The van der Waals surface area contributed by atoms with Crippen molar-refractivity contribution in [1.29, 1.82) is 0 Å². The average Bonchev–Trinajstić information content (AvgIpc) is 2.46. The Morgan fingerprint density at radius 1 is 1.05 bits per heavy atom. The molecule has 0 aliphatic rings. The van der Waals surface area contributed by atoms with Crippen LogP contribution >= 0.6 is 0 Å². The van der Waals surface area contributed by atoms with E-state index in [1.54, 1.807) is 31.2 Å². The molecule has 0 bridgehead atoms. The number of Topliss-reactive ketones (excluding diaryl/α,β-unsaturated/α-hetero) is 1.